The Kier molecular flexibility index (Phi) is 18.1. The number of hydrogen-bond acceptors (Lipinski definition) is 18. The summed E-state index contributed by atoms with van der Waals surface area (Å²) in [6.07, 6.45) is 0. The Morgan fingerprint density at radius 2 is 0.707 bits per heavy atom. The van der Waals surface area contributed by atoms with E-state index in [1.165, 1.54) is 24.3 Å². The molecule has 0 aliphatic rings. The van der Waals surface area contributed by atoms with Gasteiger partial charge in [0, 0.05) is 10.8 Å². The minimum absolute atomic E-state index is 0. The predicted octanol–water partition coefficient (Wildman–Crippen LogP) is -6.47. The fraction of sp³-hybridized carbons (Fsp3) is 0. The van der Waals surface area contributed by atoms with Crippen molar-refractivity contribution in [2.75, 3.05) is 0 Å². The van der Waals surface area contributed by atoms with Crippen LogP contribution in [0.3, 0.4) is 0 Å². The molecule has 278 valence electrons. The number of phenolic OH excluding ortho intramolecular Hbond substituents is 2. The van der Waals surface area contributed by atoms with E-state index in [2.05, 4.69) is 20.5 Å². The van der Waals surface area contributed by atoms with Crippen LogP contribution >= 0.6 is 0 Å². The smallest absolute Gasteiger partial charge is 0.744 e. The van der Waals surface area contributed by atoms with Crippen molar-refractivity contribution in [2.45, 2.75) is 19.6 Å². The maximum Gasteiger partial charge on any atom is 1.00 e. The Labute approximate surface area is 419 Å². The number of benzene rings is 6. The van der Waals surface area contributed by atoms with Crippen molar-refractivity contribution < 1.29 is 180 Å². The van der Waals surface area contributed by atoms with E-state index in [4.69, 9.17) is 0 Å². The molecule has 2 N–H and O–H groups in total. The molecule has 0 aliphatic heterocycles. The molecule has 0 radical (unpaired) electrons. The van der Waals surface area contributed by atoms with E-state index in [9.17, 15) is 62.1 Å². The summed E-state index contributed by atoms with van der Waals surface area (Å²) in [7, 11) is -21.1. The van der Waals surface area contributed by atoms with Crippen molar-refractivity contribution in [1.29, 1.82) is 0 Å². The third-order valence-electron chi connectivity index (χ3n) is 7.73. The van der Waals surface area contributed by atoms with Crippen molar-refractivity contribution in [2.24, 2.45) is 20.5 Å². The third kappa shape index (κ3) is 11.8. The van der Waals surface area contributed by atoms with Crippen molar-refractivity contribution in [3.05, 3.63) is 97.1 Å². The quantitative estimate of drug-likeness (QED) is 0.0775. The van der Waals surface area contributed by atoms with Gasteiger partial charge >= 0.3 is 118 Å². The van der Waals surface area contributed by atoms with E-state index >= 15 is 0 Å². The van der Waals surface area contributed by atoms with Gasteiger partial charge in [0.05, 0.1) is 31.0 Å². The van der Waals surface area contributed by atoms with Gasteiger partial charge in [-0.05, 0) is 82.6 Å². The Morgan fingerprint density at radius 1 is 0.397 bits per heavy atom. The van der Waals surface area contributed by atoms with Crippen molar-refractivity contribution >= 4 is 84.8 Å². The first-order valence-corrected chi connectivity index (χ1v) is 20.2. The number of azo groups is 2. The van der Waals surface area contributed by atoms with Crippen LogP contribution in [-0.2, 0) is 40.5 Å². The molecule has 0 amide bonds. The van der Waals surface area contributed by atoms with Gasteiger partial charge in [-0.25, -0.2) is 33.7 Å². The number of fused-ring (bicyclic) bond motifs is 2. The van der Waals surface area contributed by atoms with E-state index in [1.54, 1.807) is 24.3 Å². The van der Waals surface area contributed by atoms with Crippen molar-refractivity contribution in [3.8, 4) is 22.6 Å². The van der Waals surface area contributed by atoms with Gasteiger partial charge in [-0.2, -0.15) is 10.2 Å². The standard InChI is InChI=1S/C32H22N4O14S4.4Na/c37-25-11-5-19-13-23(51(39,40)41)15-27(53(45,46)47)29(19)31(25)35-33-21-7-1-17(2-8-21)18-3-9-22(10-4-18)34-36-32-26(38)12-6-20-14-24(52(42,43)44)16-28(30(20)32)54(48,49)50;;;;/h1-16,37-38H,(H,39,40,41)(H,42,43,44)(H,45,46,47)(H,48,49,50);;;;/q;4*+1/p-4. The zero-order valence-corrected chi connectivity index (χ0v) is 41.7. The average molecular weight is 903 g/mol. The zero-order valence-electron chi connectivity index (χ0n) is 30.5. The van der Waals surface area contributed by atoms with Gasteiger partial charge in [0.25, 0.3) is 0 Å². The van der Waals surface area contributed by atoms with Gasteiger partial charge in [-0.15, -0.1) is 10.2 Å². The molecule has 0 unspecified atom stereocenters. The largest absolute Gasteiger partial charge is 1.00 e. The molecule has 0 spiro atoms. The third-order valence-corrected chi connectivity index (χ3v) is 11.1. The number of hydrogen-bond donors (Lipinski definition) is 2. The molecule has 0 heterocycles. The number of rotatable bonds is 9. The molecule has 0 atom stereocenters. The maximum atomic E-state index is 12.0. The average Bonchev–Trinajstić information content (AvgIpc) is 3.08. The Balaban J connectivity index is 0.00000290. The molecule has 0 aliphatic carbocycles. The van der Waals surface area contributed by atoms with Crippen LogP contribution in [0.1, 0.15) is 0 Å². The van der Waals surface area contributed by atoms with Crippen LogP contribution in [0.2, 0.25) is 0 Å². The summed E-state index contributed by atoms with van der Waals surface area (Å²) in [6.45, 7) is 0. The first-order chi connectivity index (χ1) is 25.1. The Morgan fingerprint density at radius 3 is 0.983 bits per heavy atom. The van der Waals surface area contributed by atoms with E-state index < -0.39 is 93.7 Å². The Hall–Kier alpha value is -1.72. The minimum atomic E-state index is -5.37. The first-order valence-electron chi connectivity index (χ1n) is 14.6. The number of nitrogens with zero attached hydrogens (tertiary/aromatic N) is 4. The van der Waals surface area contributed by atoms with Gasteiger partial charge in [-0.3, -0.25) is 0 Å². The monoisotopic (exact) mass is 902 g/mol. The van der Waals surface area contributed by atoms with Gasteiger partial charge in [0.2, 0.25) is 0 Å². The second-order valence-electron chi connectivity index (χ2n) is 11.2. The molecule has 0 saturated heterocycles. The molecule has 0 saturated carbocycles. The zero-order chi connectivity index (χ0) is 39.4. The summed E-state index contributed by atoms with van der Waals surface area (Å²) >= 11 is 0. The summed E-state index contributed by atoms with van der Waals surface area (Å²) in [5.74, 6) is -1.20. The van der Waals surface area contributed by atoms with Gasteiger partial charge in [0.15, 0.2) is 0 Å². The normalized spacial score (nSPS) is 12.1. The molecule has 6 aromatic rings. The fourth-order valence-electron chi connectivity index (χ4n) is 5.28. The Bertz CT molecular complexity index is 2860. The summed E-state index contributed by atoms with van der Waals surface area (Å²) in [6, 6.07) is 19.2. The van der Waals surface area contributed by atoms with Crippen LogP contribution < -0.4 is 118 Å². The molecule has 6 rings (SSSR count). The SMILES string of the molecule is O=S(=O)([O-])c1cc(S(=O)(=O)[O-])c2c(N=Nc3ccc(-c4ccc(N=Nc5c(O)ccc6cc(S(=O)(=O)[O-])cc(S(=O)(=O)[O-])c56)cc4)cc3)c(O)ccc2c1.[Na+].[Na+].[Na+].[Na+]. The van der Waals surface area contributed by atoms with Crippen LogP contribution in [0.5, 0.6) is 11.5 Å². The van der Waals surface area contributed by atoms with Crippen LogP contribution in [0.25, 0.3) is 32.7 Å². The fourth-order valence-corrected chi connectivity index (χ4v) is 7.97. The maximum absolute atomic E-state index is 12.0. The minimum Gasteiger partial charge on any atom is -0.744 e. The van der Waals surface area contributed by atoms with Gasteiger partial charge in [-0.1, -0.05) is 36.4 Å². The van der Waals surface area contributed by atoms with Gasteiger partial charge in [0.1, 0.15) is 63.3 Å². The summed E-state index contributed by atoms with van der Waals surface area (Å²) in [5, 5.41) is 35.4. The van der Waals surface area contributed by atoms with Crippen LogP contribution in [0.15, 0.2) is 137 Å². The molecule has 0 aromatic heterocycles. The summed E-state index contributed by atoms with van der Waals surface area (Å²) in [4.78, 5) is -4.14. The molecule has 58 heavy (non-hydrogen) atoms. The topological polar surface area (TPSA) is 319 Å². The second-order valence-corrected chi connectivity index (χ2v) is 16.7. The molecule has 6 aromatic carbocycles. The van der Waals surface area contributed by atoms with Crippen LogP contribution in [0.4, 0.5) is 22.7 Å². The van der Waals surface area contributed by atoms with E-state index in [0.29, 0.717) is 23.3 Å². The van der Waals surface area contributed by atoms with E-state index in [-0.39, 0.29) is 140 Å². The molecule has 26 heteroatoms. The van der Waals surface area contributed by atoms with Crippen molar-refractivity contribution in [1.82, 2.24) is 0 Å². The van der Waals surface area contributed by atoms with Gasteiger partial charge < -0.3 is 28.4 Å². The predicted molar refractivity (Wildman–Crippen MR) is 183 cm³/mol. The second kappa shape index (κ2) is 20.0. The molecular weight excluding hydrogens is 885 g/mol. The molecular formula is C32H18N4Na4O14S4. The number of phenols is 2. The van der Waals surface area contributed by atoms with Crippen LogP contribution in [0, 0.1) is 0 Å². The summed E-state index contributed by atoms with van der Waals surface area (Å²) in [5.41, 5.74) is 0.706. The van der Waals surface area contributed by atoms with Crippen molar-refractivity contribution in [3.63, 3.8) is 0 Å². The molecule has 18 nitrogen and oxygen atoms in total. The van der Waals surface area contributed by atoms with E-state index in [1.807, 2.05) is 0 Å². The molecule has 0 bridgehead atoms. The van der Waals surface area contributed by atoms with E-state index in [0.717, 1.165) is 36.4 Å². The molecule has 0 fully saturated rings. The first kappa shape index (κ1) is 52.4. The number of aromatic hydroxyl groups is 2. The van der Waals surface area contributed by atoms with Crippen LogP contribution in [-0.4, -0.2) is 62.1 Å². The summed E-state index contributed by atoms with van der Waals surface area (Å²) < 4.78 is 141.